The molecule has 2 N–H and O–H groups in total. The van der Waals surface area contributed by atoms with E-state index >= 15 is 0 Å². The van der Waals surface area contributed by atoms with E-state index in [-0.39, 0.29) is 23.8 Å². The lowest BCUT2D eigenvalue weighted by molar-refractivity contribution is -0.117. The first kappa shape index (κ1) is 15.3. The highest BCUT2D eigenvalue weighted by Crippen LogP contribution is 2.30. The zero-order chi connectivity index (χ0) is 16.4. The zero-order valence-corrected chi connectivity index (χ0v) is 13.3. The standard InChI is InChI=1S/C18H20N2O3/c1-11-6-9-16(23-11)12(2)19-18(22)14-4-3-5-15(10-14)20-17(21)13-7-8-13/h3-6,9-10,12-13H,7-8H2,1-2H3,(H,19,22)(H,20,21). The van der Waals surface area contributed by atoms with E-state index in [1.54, 1.807) is 24.3 Å². The normalized spacial score (nSPS) is 15.0. The number of furan rings is 1. The zero-order valence-electron chi connectivity index (χ0n) is 13.3. The molecule has 1 saturated carbocycles. The number of benzene rings is 1. The molecule has 1 aliphatic rings. The van der Waals surface area contributed by atoms with Crippen LogP contribution in [-0.4, -0.2) is 11.8 Å². The Kier molecular flexibility index (Phi) is 4.19. The van der Waals surface area contributed by atoms with Gasteiger partial charge in [-0.1, -0.05) is 6.07 Å². The third kappa shape index (κ3) is 3.80. The third-order valence-electron chi connectivity index (χ3n) is 3.88. The summed E-state index contributed by atoms with van der Waals surface area (Å²) >= 11 is 0. The van der Waals surface area contributed by atoms with E-state index in [0.717, 1.165) is 18.6 Å². The number of carbonyl (C=O) groups excluding carboxylic acids is 2. The summed E-state index contributed by atoms with van der Waals surface area (Å²) in [5, 5.41) is 5.75. The van der Waals surface area contributed by atoms with Crippen LogP contribution < -0.4 is 10.6 Å². The Labute approximate surface area is 135 Å². The monoisotopic (exact) mass is 312 g/mol. The number of hydrogen-bond donors (Lipinski definition) is 2. The van der Waals surface area contributed by atoms with Crippen molar-refractivity contribution in [1.29, 1.82) is 0 Å². The molecule has 0 aliphatic heterocycles. The van der Waals surface area contributed by atoms with Crippen LogP contribution in [0.25, 0.3) is 0 Å². The van der Waals surface area contributed by atoms with Crippen LogP contribution >= 0.6 is 0 Å². The summed E-state index contributed by atoms with van der Waals surface area (Å²) in [6.07, 6.45) is 1.90. The molecule has 1 fully saturated rings. The van der Waals surface area contributed by atoms with Crippen LogP contribution in [0.1, 0.15) is 47.7 Å². The van der Waals surface area contributed by atoms with Gasteiger partial charge in [0.1, 0.15) is 11.5 Å². The van der Waals surface area contributed by atoms with Crippen LogP contribution in [0, 0.1) is 12.8 Å². The molecule has 1 aromatic heterocycles. The van der Waals surface area contributed by atoms with Gasteiger partial charge in [0.25, 0.3) is 5.91 Å². The predicted octanol–water partition coefficient (Wildman–Crippen LogP) is 3.43. The van der Waals surface area contributed by atoms with Gasteiger partial charge in [-0.05, 0) is 57.0 Å². The van der Waals surface area contributed by atoms with Crippen LogP contribution in [-0.2, 0) is 4.79 Å². The van der Waals surface area contributed by atoms with Crippen molar-refractivity contribution in [2.75, 3.05) is 5.32 Å². The molecule has 120 valence electrons. The molecular weight excluding hydrogens is 292 g/mol. The molecule has 0 spiro atoms. The van der Waals surface area contributed by atoms with Gasteiger partial charge < -0.3 is 15.1 Å². The van der Waals surface area contributed by atoms with Crippen LogP contribution in [0.4, 0.5) is 5.69 Å². The van der Waals surface area contributed by atoms with Gasteiger partial charge in [0, 0.05) is 17.2 Å². The Morgan fingerprint density at radius 3 is 2.65 bits per heavy atom. The second-order valence-corrected chi connectivity index (χ2v) is 5.99. The van der Waals surface area contributed by atoms with Crippen molar-refractivity contribution in [3.8, 4) is 0 Å². The minimum Gasteiger partial charge on any atom is -0.464 e. The van der Waals surface area contributed by atoms with E-state index in [9.17, 15) is 9.59 Å². The third-order valence-corrected chi connectivity index (χ3v) is 3.88. The molecule has 0 radical (unpaired) electrons. The van der Waals surface area contributed by atoms with E-state index in [4.69, 9.17) is 4.42 Å². The number of rotatable bonds is 5. The molecule has 0 bridgehead atoms. The predicted molar refractivity (Wildman–Crippen MR) is 87.1 cm³/mol. The van der Waals surface area contributed by atoms with Gasteiger partial charge in [0.2, 0.25) is 5.91 Å². The Morgan fingerprint density at radius 1 is 1.22 bits per heavy atom. The Hall–Kier alpha value is -2.56. The fourth-order valence-corrected chi connectivity index (χ4v) is 2.37. The Morgan fingerprint density at radius 2 is 2.00 bits per heavy atom. The van der Waals surface area contributed by atoms with Crippen molar-refractivity contribution in [2.24, 2.45) is 5.92 Å². The molecule has 1 heterocycles. The highest BCUT2D eigenvalue weighted by atomic mass is 16.3. The number of amides is 2. The molecule has 0 saturated heterocycles. The second-order valence-electron chi connectivity index (χ2n) is 5.99. The van der Waals surface area contributed by atoms with Gasteiger partial charge in [-0.15, -0.1) is 0 Å². The van der Waals surface area contributed by atoms with Crippen molar-refractivity contribution >= 4 is 17.5 Å². The fourth-order valence-electron chi connectivity index (χ4n) is 2.37. The second kappa shape index (κ2) is 6.28. The van der Waals surface area contributed by atoms with Crippen LogP contribution in [0.15, 0.2) is 40.8 Å². The number of carbonyl (C=O) groups is 2. The molecule has 2 aromatic rings. The van der Waals surface area contributed by atoms with Crippen LogP contribution in [0.2, 0.25) is 0 Å². The number of nitrogens with one attached hydrogen (secondary N) is 2. The first-order valence-corrected chi connectivity index (χ1v) is 7.81. The maximum Gasteiger partial charge on any atom is 0.251 e. The molecule has 2 amide bonds. The molecular formula is C18H20N2O3. The topological polar surface area (TPSA) is 71.3 Å². The van der Waals surface area contributed by atoms with Crippen LogP contribution in [0.3, 0.4) is 0 Å². The summed E-state index contributed by atoms with van der Waals surface area (Å²) in [7, 11) is 0. The van der Waals surface area contributed by atoms with E-state index in [2.05, 4.69) is 10.6 Å². The van der Waals surface area contributed by atoms with Crippen molar-refractivity contribution in [3.63, 3.8) is 0 Å². The van der Waals surface area contributed by atoms with Gasteiger partial charge in [-0.25, -0.2) is 0 Å². The minimum atomic E-state index is -0.221. The van der Waals surface area contributed by atoms with E-state index < -0.39 is 0 Å². The summed E-state index contributed by atoms with van der Waals surface area (Å²) in [4.78, 5) is 24.2. The minimum absolute atomic E-state index is 0.0296. The van der Waals surface area contributed by atoms with Gasteiger partial charge >= 0.3 is 0 Å². The van der Waals surface area contributed by atoms with Gasteiger partial charge in [-0.2, -0.15) is 0 Å². The Bertz CT molecular complexity index is 731. The van der Waals surface area contributed by atoms with Gasteiger partial charge in [0.05, 0.1) is 6.04 Å². The quantitative estimate of drug-likeness (QED) is 0.888. The van der Waals surface area contributed by atoms with Gasteiger partial charge in [-0.3, -0.25) is 9.59 Å². The Balaban J connectivity index is 1.65. The first-order chi connectivity index (χ1) is 11.0. The van der Waals surface area contributed by atoms with E-state index in [1.165, 1.54) is 0 Å². The van der Waals surface area contributed by atoms with Crippen molar-refractivity contribution < 1.29 is 14.0 Å². The highest BCUT2D eigenvalue weighted by molar-refractivity contribution is 5.98. The largest absolute Gasteiger partial charge is 0.464 e. The summed E-state index contributed by atoms with van der Waals surface area (Å²) in [5.41, 5.74) is 1.16. The van der Waals surface area contributed by atoms with Crippen molar-refractivity contribution in [3.05, 3.63) is 53.5 Å². The lowest BCUT2D eigenvalue weighted by Crippen LogP contribution is -2.26. The molecule has 1 unspecified atom stereocenters. The maximum absolute atomic E-state index is 12.4. The van der Waals surface area contributed by atoms with E-state index in [1.807, 2.05) is 26.0 Å². The van der Waals surface area contributed by atoms with Crippen LogP contribution in [0.5, 0.6) is 0 Å². The smallest absolute Gasteiger partial charge is 0.251 e. The SMILES string of the molecule is Cc1ccc(C(C)NC(=O)c2cccc(NC(=O)C3CC3)c2)o1. The molecule has 1 aliphatic carbocycles. The molecule has 3 rings (SSSR count). The molecule has 1 atom stereocenters. The average molecular weight is 312 g/mol. The summed E-state index contributed by atoms with van der Waals surface area (Å²) in [6, 6.07) is 10.5. The summed E-state index contributed by atoms with van der Waals surface area (Å²) < 4.78 is 5.52. The first-order valence-electron chi connectivity index (χ1n) is 7.81. The highest BCUT2D eigenvalue weighted by Gasteiger charge is 2.29. The van der Waals surface area contributed by atoms with E-state index in [0.29, 0.717) is 17.0 Å². The number of hydrogen-bond acceptors (Lipinski definition) is 3. The molecule has 1 aromatic carbocycles. The number of anilines is 1. The molecule has 23 heavy (non-hydrogen) atoms. The molecule has 5 nitrogen and oxygen atoms in total. The van der Waals surface area contributed by atoms with Gasteiger partial charge in [0.15, 0.2) is 0 Å². The number of aryl methyl sites for hydroxylation is 1. The summed E-state index contributed by atoms with van der Waals surface area (Å²) in [5.74, 6) is 1.49. The lowest BCUT2D eigenvalue weighted by atomic mass is 10.1. The van der Waals surface area contributed by atoms with Crippen molar-refractivity contribution in [1.82, 2.24) is 5.32 Å². The lowest BCUT2D eigenvalue weighted by Gasteiger charge is -2.12. The maximum atomic E-state index is 12.4. The average Bonchev–Trinajstić information content (AvgIpc) is 3.29. The molecule has 5 heteroatoms. The summed E-state index contributed by atoms with van der Waals surface area (Å²) in [6.45, 7) is 3.74. The van der Waals surface area contributed by atoms with Crippen molar-refractivity contribution in [2.45, 2.75) is 32.7 Å². The fraction of sp³-hybridized carbons (Fsp3) is 0.333.